The monoisotopic (exact) mass is 312 g/mol. The smallest absolute Gasteiger partial charge is 0.335 e. The van der Waals surface area contributed by atoms with Gasteiger partial charge >= 0.3 is 5.97 Å². The molecule has 0 bridgehead atoms. The van der Waals surface area contributed by atoms with Crippen LogP contribution in [0.25, 0.3) is 0 Å². The first-order valence-electron chi connectivity index (χ1n) is 5.52. The number of aromatic carboxylic acids is 1. The quantitative estimate of drug-likeness (QED) is 0.657. The lowest BCUT2D eigenvalue weighted by Gasteiger charge is -2.18. The molecule has 1 aromatic carbocycles. The number of anilines is 2. The number of nitrogen functional groups attached to an aromatic ring is 1. The van der Waals surface area contributed by atoms with Crippen molar-refractivity contribution in [3.63, 3.8) is 0 Å². The molecule has 1 fully saturated rings. The number of alkyl halides is 1. The SMILES string of the molecule is Nc1cc(C(=O)O)ccc1N1CC(CBr)CC1=O. The first kappa shape index (κ1) is 12.9. The molecule has 0 radical (unpaired) electrons. The van der Waals surface area contributed by atoms with Gasteiger partial charge in [0.1, 0.15) is 0 Å². The summed E-state index contributed by atoms with van der Waals surface area (Å²) in [6, 6.07) is 4.43. The summed E-state index contributed by atoms with van der Waals surface area (Å²) in [5.74, 6) is -0.732. The molecule has 1 aliphatic rings. The van der Waals surface area contributed by atoms with Crippen molar-refractivity contribution in [2.24, 2.45) is 5.92 Å². The van der Waals surface area contributed by atoms with Crippen molar-refractivity contribution in [2.45, 2.75) is 6.42 Å². The second-order valence-electron chi connectivity index (χ2n) is 4.31. The molecule has 1 aliphatic heterocycles. The predicted octanol–water partition coefficient (Wildman–Crippen LogP) is 1.71. The Bertz CT molecular complexity index is 504. The van der Waals surface area contributed by atoms with Crippen molar-refractivity contribution in [1.82, 2.24) is 0 Å². The molecule has 6 heteroatoms. The number of carbonyl (C=O) groups is 2. The Morgan fingerprint density at radius 1 is 1.56 bits per heavy atom. The van der Waals surface area contributed by atoms with Crippen LogP contribution in [0.3, 0.4) is 0 Å². The van der Waals surface area contributed by atoms with E-state index in [1.54, 1.807) is 11.0 Å². The average molecular weight is 313 g/mol. The summed E-state index contributed by atoms with van der Waals surface area (Å²) in [4.78, 5) is 24.3. The van der Waals surface area contributed by atoms with E-state index in [0.717, 1.165) is 5.33 Å². The van der Waals surface area contributed by atoms with E-state index in [1.165, 1.54) is 12.1 Å². The molecule has 96 valence electrons. The first-order chi connectivity index (χ1) is 8.52. The molecule has 0 aliphatic carbocycles. The van der Waals surface area contributed by atoms with Gasteiger partial charge < -0.3 is 15.7 Å². The van der Waals surface area contributed by atoms with Gasteiger partial charge in [-0.25, -0.2) is 4.79 Å². The van der Waals surface area contributed by atoms with E-state index in [1.807, 2.05) is 0 Å². The van der Waals surface area contributed by atoms with Gasteiger partial charge in [-0.2, -0.15) is 0 Å². The topological polar surface area (TPSA) is 83.6 Å². The van der Waals surface area contributed by atoms with E-state index in [4.69, 9.17) is 10.8 Å². The highest BCUT2D eigenvalue weighted by molar-refractivity contribution is 9.09. The minimum absolute atomic E-state index is 0.0224. The molecule has 18 heavy (non-hydrogen) atoms. The van der Waals surface area contributed by atoms with Crippen LogP contribution < -0.4 is 10.6 Å². The van der Waals surface area contributed by atoms with Crippen molar-refractivity contribution in [1.29, 1.82) is 0 Å². The zero-order valence-corrected chi connectivity index (χ0v) is 11.2. The number of rotatable bonds is 3. The van der Waals surface area contributed by atoms with Crippen LogP contribution in [-0.2, 0) is 4.79 Å². The number of carbonyl (C=O) groups excluding carboxylic acids is 1. The Hall–Kier alpha value is -1.56. The van der Waals surface area contributed by atoms with Gasteiger partial charge in [-0.05, 0) is 24.1 Å². The average Bonchev–Trinajstić information content (AvgIpc) is 2.70. The van der Waals surface area contributed by atoms with Gasteiger partial charge in [0.05, 0.1) is 16.9 Å². The van der Waals surface area contributed by atoms with E-state index in [2.05, 4.69) is 15.9 Å². The number of benzene rings is 1. The van der Waals surface area contributed by atoms with Crippen LogP contribution in [0.2, 0.25) is 0 Å². The van der Waals surface area contributed by atoms with E-state index in [9.17, 15) is 9.59 Å². The number of nitrogens with zero attached hydrogens (tertiary/aromatic N) is 1. The van der Waals surface area contributed by atoms with Crippen LogP contribution in [0.5, 0.6) is 0 Å². The summed E-state index contributed by atoms with van der Waals surface area (Å²) >= 11 is 3.37. The van der Waals surface area contributed by atoms with E-state index in [-0.39, 0.29) is 17.4 Å². The Labute approximate surface area is 113 Å². The lowest BCUT2D eigenvalue weighted by atomic mass is 10.1. The predicted molar refractivity (Wildman–Crippen MR) is 72.1 cm³/mol. The second kappa shape index (κ2) is 4.97. The lowest BCUT2D eigenvalue weighted by molar-refractivity contribution is -0.117. The Kier molecular flexibility index (Phi) is 3.56. The van der Waals surface area contributed by atoms with Gasteiger partial charge in [-0.1, -0.05) is 15.9 Å². The molecule has 1 heterocycles. The van der Waals surface area contributed by atoms with Gasteiger partial charge in [0.15, 0.2) is 0 Å². The largest absolute Gasteiger partial charge is 0.478 e. The maximum atomic E-state index is 11.8. The maximum Gasteiger partial charge on any atom is 0.335 e. The summed E-state index contributed by atoms with van der Waals surface area (Å²) in [5.41, 5.74) is 6.85. The summed E-state index contributed by atoms with van der Waals surface area (Å²) in [5, 5.41) is 9.62. The minimum Gasteiger partial charge on any atom is -0.478 e. The highest BCUT2D eigenvalue weighted by atomic mass is 79.9. The molecular weight excluding hydrogens is 300 g/mol. The van der Waals surface area contributed by atoms with Gasteiger partial charge in [0.2, 0.25) is 5.91 Å². The fourth-order valence-electron chi connectivity index (χ4n) is 2.05. The van der Waals surface area contributed by atoms with Crippen LogP contribution in [0.4, 0.5) is 11.4 Å². The zero-order chi connectivity index (χ0) is 13.3. The van der Waals surface area contributed by atoms with Gasteiger partial charge in [0.25, 0.3) is 0 Å². The second-order valence-corrected chi connectivity index (χ2v) is 4.96. The lowest BCUT2D eigenvalue weighted by Crippen LogP contribution is -2.25. The van der Waals surface area contributed by atoms with Gasteiger partial charge in [0, 0.05) is 18.3 Å². The summed E-state index contributed by atoms with van der Waals surface area (Å²) < 4.78 is 0. The zero-order valence-electron chi connectivity index (χ0n) is 9.60. The van der Waals surface area contributed by atoms with Crippen LogP contribution in [0.15, 0.2) is 18.2 Å². The van der Waals surface area contributed by atoms with Crippen molar-refractivity contribution in [3.05, 3.63) is 23.8 Å². The third kappa shape index (κ3) is 2.33. The standard InChI is InChI=1S/C12H13BrN2O3/c13-5-7-3-11(16)15(6-7)10-2-1-8(12(17)18)4-9(10)14/h1-2,4,7H,3,5-6,14H2,(H,17,18). The van der Waals surface area contributed by atoms with Crippen LogP contribution in [0, 0.1) is 5.92 Å². The van der Waals surface area contributed by atoms with Crippen LogP contribution >= 0.6 is 15.9 Å². The van der Waals surface area contributed by atoms with Crippen molar-refractivity contribution < 1.29 is 14.7 Å². The highest BCUT2D eigenvalue weighted by Crippen LogP contribution is 2.31. The molecule has 2 rings (SSSR count). The molecule has 0 saturated carbocycles. The molecule has 1 unspecified atom stereocenters. The molecule has 0 spiro atoms. The van der Waals surface area contributed by atoms with E-state index >= 15 is 0 Å². The Morgan fingerprint density at radius 2 is 2.28 bits per heavy atom. The van der Waals surface area contributed by atoms with Crippen molar-refractivity contribution >= 4 is 39.2 Å². The molecule has 1 atom stereocenters. The normalized spacial score (nSPS) is 19.3. The number of halogens is 1. The fourth-order valence-corrected chi connectivity index (χ4v) is 2.48. The molecule has 3 N–H and O–H groups in total. The molecule has 1 aromatic rings. The summed E-state index contributed by atoms with van der Waals surface area (Å²) in [6.45, 7) is 0.612. The first-order valence-corrected chi connectivity index (χ1v) is 6.64. The number of nitrogens with two attached hydrogens (primary N) is 1. The fraction of sp³-hybridized carbons (Fsp3) is 0.333. The van der Waals surface area contributed by atoms with E-state index < -0.39 is 5.97 Å². The van der Waals surface area contributed by atoms with Crippen molar-refractivity contribution in [3.8, 4) is 0 Å². The van der Waals surface area contributed by atoms with Crippen LogP contribution in [-0.4, -0.2) is 28.9 Å². The summed E-state index contributed by atoms with van der Waals surface area (Å²) in [6.07, 6.45) is 0.491. The van der Waals surface area contributed by atoms with Gasteiger partial charge in [-0.3, -0.25) is 4.79 Å². The van der Waals surface area contributed by atoms with Crippen molar-refractivity contribution in [2.75, 3.05) is 22.5 Å². The third-order valence-electron chi connectivity index (χ3n) is 2.99. The Balaban J connectivity index is 2.29. The molecule has 1 amide bonds. The highest BCUT2D eigenvalue weighted by Gasteiger charge is 2.30. The number of carboxylic acid groups (broad SMARTS) is 1. The summed E-state index contributed by atoms with van der Waals surface area (Å²) in [7, 11) is 0. The van der Waals surface area contributed by atoms with E-state index in [0.29, 0.717) is 24.3 Å². The Morgan fingerprint density at radius 3 is 2.78 bits per heavy atom. The van der Waals surface area contributed by atoms with Crippen LogP contribution in [0.1, 0.15) is 16.8 Å². The maximum absolute atomic E-state index is 11.8. The minimum atomic E-state index is -1.03. The number of amides is 1. The molecule has 5 nitrogen and oxygen atoms in total. The number of carboxylic acids is 1. The van der Waals surface area contributed by atoms with Gasteiger partial charge in [-0.15, -0.1) is 0 Å². The third-order valence-corrected chi connectivity index (χ3v) is 3.90. The number of hydrogen-bond acceptors (Lipinski definition) is 3. The molecule has 1 saturated heterocycles. The molecule has 0 aromatic heterocycles. The number of hydrogen-bond donors (Lipinski definition) is 2. The molecular formula is C12H13BrN2O3.